The van der Waals surface area contributed by atoms with E-state index in [2.05, 4.69) is 4.98 Å². The van der Waals surface area contributed by atoms with Crippen molar-refractivity contribution in [2.75, 3.05) is 12.8 Å². The number of nitrogens with zero attached hydrogens (tertiary/aromatic N) is 1. The first-order valence-electron chi connectivity index (χ1n) is 6.51. The quantitative estimate of drug-likeness (QED) is 0.868. The Morgan fingerprint density at radius 2 is 1.90 bits per heavy atom. The molecular weight excluding hydrogens is 252 g/mol. The van der Waals surface area contributed by atoms with Gasteiger partial charge < -0.3 is 15.2 Å². The lowest BCUT2D eigenvalue weighted by molar-refractivity contribution is 0.296. The molecule has 1 aromatic heterocycles. The smallest absolute Gasteiger partial charge is 0.130 e. The standard InChI is InChI=1S/C16H20N2O2/c1-10-5-6-15(17)12(3)16(10)20-9-13-8-14(19-4)7-11(2)18-13/h5-8H,9,17H2,1-4H3. The molecule has 1 aromatic carbocycles. The highest BCUT2D eigenvalue weighted by molar-refractivity contribution is 5.56. The maximum absolute atomic E-state index is 5.91. The molecule has 0 unspecified atom stereocenters. The van der Waals surface area contributed by atoms with Crippen LogP contribution in [0.3, 0.4) is 0 Å². The minimum Gasteiger partial charge on any atom is -0.497 e. The SMILES string of the molecule is COc1cc(C)nc(COc2c(C)ccc(N)c2C)c1. The third-order valence-corrected chi connectivity index (χ3v) is 3.22. The Labute approximate surface area is 119 Å². The summed E-state index contributed by atoms with van der Waals surface area (Å²) in [4.78, 5) is 4.44. The fourth-order valence-electron chi connectivity index (χ4n) is 2.11. The largest absolute Gasteiger partial charge is 0.497 e. The van der Waals surface area contributed by atoms with Gasteiger partial charge in [0.1, 0.15) is 18.1 Å². The van der Waals surface area contributed by atoms with Gasteiger partial charge in [-0.15, -0.1) is 0 Å². The van der Waals surface area contributed by atoms with E-state index in [4.69, 9.17) is 15.2 Å². The van der Waals surface area contributed by atoms with Gasteiger partial charge in [0.2, 0.25) is 0 Å². The van der Waals surface area contributed by atoms with E-state index in [1.165, 1.54) is 0 Å². The zero-order chi connectivity index (χ0) is 14.7. The van der Waals surface area contributed by atoms with Gasteiger partial charge >= 0.3 is 0 Å². The number of ether oxygens (including phenoxy) is 2. The van der Waals surface area contributed by atoms with Crippen LogP contribution in [0.25, 0.3) is 0 Å². The number of hydrogen-bond donors (Lipinski definition) is 1. The summed E-state index contributed by atoms with van der Waals surface area (Å²) in [5.74, 6) is 1.62. The van der Waals surface area contributed by atoms with E-state index in [9.17, 15) is 0 Å². The van der Waals surface area contributed by atoms with E-state index in [0.29, 0.717) is 6.61 Å². The number of hydrogen-bond acceptors (Lipinski definition) is 4. The van der Waals surface area contributed by atoms with E-state index in [0.717, 1.165) is 39.7 Å². The number of benzene rings is 1. The molecule has 0 radical (unpaired) electrons. The molecule has 0 spiro atoms. The van der Waals surface area contributed by atoms with Crippen molar-refractivity contribution in [2.45, 2.75) is 27.4 Å². The summed E-state index contributed by atoms with van der Waals surface area (Å²) in [5.41, 5.74) is 10.4. The first kappa shape index (κ1) is 14.2. The van der Waals surface area contributed by atoms with Gasteiger partial charge in [-0.3, -0.25) is 4.98 Å². The normalized spacial score (nSPS) is 10.4. The third kappa shape index (κ3) is 3.02. The first-order chi connectivity index (χ1) is 9.51. The van der Waals surface area contributed by atoms with Crippen LogP contribution in [-0.4, -0.2) is 12.1 Å². The fourth-order valence-corrected chi connectivity index (χ4v) is 2.11. The summed E-state index contributed by atoms with van der Waals surface area (Å²) in [5, 5.41) is 0. The zero-order valence-corrected chi connectivity index (χ0v) is 12.4. The molecule has 0 aliphatic heterocycles. The van der Waals surface area contributed by atoms with Crippen LogP contribution in [0.1, 0.15) is 22.5 Å². The number of pyridine rings is 1. The third-order valence-electron chi connectivity index (χ3n) is 3.22. The predicted octanol–water partition coefficient (Wildman–Crippen LogP) is 3.18. The highest BCUT2D eigenvalue weighted by Crippen LogP contribution is 2.28. The van der Waals surface area contributed by atoms with Crippen LogP contribution in [0, 0.1) is 20.8 Å². The maximum Gasteiger partial charge on any atom is 0.130 e. The Kier molecular flexibility index (Phi) is 4.13. The molecule has 1 heterocycles. The molecule has 4 heteroatoms. The van der Waals surface area contributed by atoms with Gasteiger partial charge in [-0.2, -0.15) is 0 Å². The molecule has 0 saturated heterocycles. The number of anilines is 1. The van der Waals surface area contributed by atoms with E-state index >= 15 is 0 Å². The predicted molar refractivity (Wildman–Crippen MR) is 80.2 cm³/mol. The van der Waals surface area contributed by atoms with E-state index < -0.39 is 0 Å². The minimum atomic E-state index is 0.392. The lowest BCUT2D eigenvalue weighted by atomic mass is 10.1. The van der Waals surface area contributed by atoms with E-state index in [-0.39, 0.29) is 0 Å². The molecular formula is C16H20N2O2. The van der Waals surface area contributed by atoms with E-state index in [1.54, 1.807) is 7.11 Å². The molecule has 2 rings (SSSR count). The molecule has 0 atom stereocenters. The Morgan fingerprint density at radius 1 is 1.15 bits per heavy atom. The number of aromatic nitrogens is 1. The van der Waals surface area contributed by atoms with Crippen LogP contribution in [0.5, 0.6) is 11.5 Å². The van der Waals surface area contributed by atoms with Crippen LogP contribution in [0.15, 0.2) is 24.3 Å². The van der Waals surface area contributed by atoms with Crippen LogP contribution in [0.4, 0.5) is 5.69 Å². The summed E-state index contributed by atoms with van der Waals surface area (Å²) in [7, 11) is 1.64. The number of nitrogen functional groups attached to an aromatic ring is 1. The molecule has 0 bridgehead atoms. The highest BCUT2D eigenvalue weighted by atomic mass is 16.5. The second kappa shape index (κ2) is 5.82. The first-order valence-corrected chi connectivity index (χ1v) is 6.51. The van der Waals surface area contributed by atoms with Crippen molar-refractivity contribution in [3.63, 3.8) is 0 Å². The highest BCUT2D eigenvalue weighted by Gasteiger charge is 2.08. The van der Waals surface area contributed by atoms with E-state index in [1.807, 2.05) is 45.0 Å². The Bertz CT molecular complexity index is 624. The van der Waals surface area contributed by atoms with Gasteiger partial charge in [0.05, 0.1) is 12.8 Å². The van der Waals surface area contributed by atoms with Gasteiger partial charge in [-0.1, -0.05) is 6.07 Å². The zero-order valence-electron chi connectivity index (χ0n) is 12.4. The topological polar surface area (TPSA) is 57.4 Å². The summed E-state index contributed by atoms with van der Waals surface area (Å²) in [6.45, 7) is 6.29. The van der Waals surface area contributed by atoms with Crippen molar-refractivity contribution in [1.29, 1.82) is 0 Å². The lowest BCUT2D eigenvalue weighted by Crippen LogP contribution is -2.04. The summed E-state index contributed by atoms with van der Waals surface area (Å²) in [6.07, 6.45) is 0. The van der Waals surface area contributed by atoms with Crippen molar-refractivity contribution in [3.05, 3.63) is 46.8 Å². The molecule has 106 valence electrons. The van der Waals surface area contributed by atoms with Crippen LogP contribution in [-0.2, 0) is 6.61 Å². The van der Waals surface area contributed by atoms with Crippen molar-refractivity contribution in [2.24, 2.45) is 0 Å². The van der Waals surface area contributed by atoms with Gasteiger partial charge in [0.25, 0.3) is 0 Å². The number of nitrogens with two attached hydrogens (primary N) is 1. The Balaban J connectivity index is 2.21. The monoisotopic (exact) mass is 272 g/mol. The number of rotatable bonds is 4. The van der Waals surface area contributed by atoms with Crippen LogP contribution >= 0.6 is 0 Å². The number of aryl methyl sites for hydroxylation is 2. The van der Waals surface area contributed by atoms with Gasteiger partial charge in [0, 0.05) is 29.1 Å². The van der Waals surface area contributed by atoms with Gasteiger partial charge in [-0.25, -0.2) is 0 Å². The van der Waals surface area contributed by atoms with Gasteiger partial charge in [-0.05, 0) is 32.4 Å². The Hall–Kier alpha value is -2.23. The van der Waals surface area contributed by atoms with Crippen LogP contribution in [0.2, 0.25) is 0 Å². The lowest BCUT2D eigenvalue weighted by Gasteiger charge is -2.14. The molecule has 0 aliphatic carbocycles. The summed E-state index contributed by atoms with van der Waals surface area (Å²) in [6, 6.07) is 7.62. The molecule has 0 saturated carbocycles. The molecule has 2 N–H and O–H groups in total. The second-order valence-corrected chi connectivity index (χ2v) is 4.85. The van der Waals surface area contributed by atoms with Crippen molar-refractivity contribution in [1.82, 2.24) is 4.98 Å². The van der Waals surface area contributed by atoms with Crippen molar-refractivity contribution >= 4 is 5.69 Å². The fraction of sp³-hybridized carbons (Fsp3) is 0.312. The van der Waals surface area contributed by atoms with Gasteiger partial charge in [0.15, 0.2) is 0 Å². The summed E-state index contributed by atoms with van der Waals surface area (Å²) < 4.78 is 11.1. The molecule has 2 aromatic rings. The maximum atomic E-state index is 5.91. The second-order valence-electron chi connectivity index (χ2n) is 4.85. The molecule has 0 aliphatic rings. The van der Waals surface area contributed by atoms with Crippen LogP contribution < -0.4 is 15.2 Å². The van der Waals surface area contributed by atoms with Crippen molar-refractivity contribution in [3.8, 4) is 11.5 Å². The molecule has 20 heavy (non-hydrogen) atoms. The molecule has 0 amide bonds. The molecule has 4 nitrogen and oxygen atoms in total. The minimum absolute atomic E-state index is 0.392. The molecule has 0 fully saturated rings. The average Bonchev–Trinajstić information content (AvgIpc) is 2.42. The summed E-state index contributed by atoms with van der Waals surface area (Å²) >= 11 is 0. The average molecular weight is 272 g/mol. The number of methoxy groups -OCH3 is 1. The van der Waals surface area contributed by atoms with Crippen molar-refractivity contribution < 1.29 is 9.47 Å². The Morgan fingerprint density at radius 3 is 2.60 bits per heavy atom.